The molecule has 1 aromatic carbocycles. The molecule has 26 heavy (non-hydrogen) atoms. The maximum absolute atomic E-state index is 14.0. The number of alkyl halides is 1. The molecule has 2 rings (SSSR count). The first kappa shape index (κ1) is 20.9. The number of amides is 2. The van der Waals surface area contributed by atoms with Crippen molar-refractivity contribution >= 4 is 18.0 Å². The predicted molar refractivity (Wildman–Crippen MR) is 90.3 cm³/mol. The van der Waals surface area contributed by atoms with Crippen molar-refractivity contribution in [2.75, 3.05) is 6.61 Å². The molecule has 142 valence electrons. The van der Waals surface area contributed by atoms with Crippen LogP contribution >= 0.6 is 0 Å². The van der Waals surface area contributed by atoms with Crippen molar-refractivity contribution in [1.29, 1.82) is 0 Å². The van der Waals surface area contributed by atoms with Gasteiger partial charge in [0.15, 0.2) is 12.6 Å². The molecular weight excluding hydrogens is 347 g/mol. The molecule has 9 heteroatoms. The summed E-state index contributed by atoms with van der Waals surface area (Å²) in [5, 5.41) is 16.3. The molecule has 0 spiro atoms. The van der Waals surface area contributed by atoms with E-state index in [-0.39, 0.29) is 6.61 Å². The number of benzene rings is 1. The molecule has 0 aromatic heterocycles. The van der Waals surface area contributed by atoms with Crippen LogP contribution in [0.15, 0.2) is 41.6 Å². The lowest BCUT2D eigenvalue weighted by atomic mass is 10.0. The second-order valence-corrected chi connectivity index (χ2v) is 5.60. The molecule has 2 unspecified atom stereocenters. The molecule has 1 aliphatic heterocycles. The standard InChI is InChI=1S/C16H19FN2O3.CH2O3/c1-10(2)11(3)19-15(17)14(16(19)21)18-13(20)9-22-12-7-5-4-6-8-12;2-1(3)4/h4-8,14-15H,9H2,1-3H3,(H,18,20);(H2,2,3,4). The number of carbonyl (C=O) groups excluding carboxylic acids is 2. The van der Waals surface area contributed by atoms with Gasteiger partial charge in [0, 0.05) is 5.70 Å². The smallest absolute Gasteiger partial charge is 0.484 e. The molecule has 8 nitrogen and oxygen atoms in total. The van der Waals surface area contributed by atoms with Crippen molar-refractivity contribution in [3.05, 3.63) is 41.6 Å². The Morgan fingerprint density at radius 1 is 1.19 bits per heavy atom. The van der Waals surface area contributed by atoms with Gasteiger partial charge >= 0.3 is 6.16 Å². The Kier molecular flexibility index (Phi) is 7.57. The summed E-state index contributed by atoms with van der Waals surface area (Å²) in [7, 11) is 0. The number of likely N-dealkylation sites (tertiary alicyclic amines) is 1. The SMILES string of the molecule is CC(C)=C(C)N1C(=O)C(NC(=O)COc2ccccc2)C1F.O=C(O)O. The van der Waals surface area contributed by atoms with E-state index in [0.717, 1.165) is 10.5 Å². The molecule has 2 atom stereocenters. The van der Waals surface area contributed by atoms with Crippen molar-refractivity contribution in [3.8, 4) is 5.75 Å². The normalized spacial score (nSPS) is 18.0. The third-order valence-corrected chi connectivity index (χ3v) is 3.54. The van der Waals surface area contributed by atoms with Gasteiger partial charge in [-0.25, -0.2) is 9.18 Å². The van der Waals surface area contributed by atoms with Gasteiger partial charge in [-0.2, -0.15) is 0 Å². The number of hydrogen-bond acceptors (Lipinski definition) is 4. The van der Waals surface area contributed by atoms with Gasteiger partial charge in [-0.15, -0.1) is 0 Å². The molecule has 0 radical (unpaired) electrons. The lowest BCUT2D eigenvalue weighted by Crippen LogP contribution is -2.68. The molecule has 0 bridgehead atoms. The first-order chi connectivity index (χ1) is 12.1. The lowest BCUT2D eigenvalue weighted by molar-refractivity contribution is -0.159. The monoisotopic (exact) mass is 368 g/mol. The highest BCUT2D eigenvalue weighted by Crippen LogP contribution is 2.27. The van der Waals surface area contributed by atoms with Crippen LogP contribution in [0.2, 0.25) is 0 Å². The van der Waals surface area contributed by atoms with Crippen molar-refractivity contribution in [1.82, 2.24) is 10.2 Å². The van der Waals surface area contributed by atoms with E-state index in [4.69, 9.17) is 19.7 Å². The van der Waals surface area contributed by atoms with E-state index in [9.17, 15) is 14.0 Å². The minimum Gasteiger partial charge on any atom is -0.484 e. The number of β-lactam (4-membered cyclic amide) rings is 1. The number of para-hydroxylation sites is 1. The number of ether oxygens (including phenoxy) is 1. The summed E-state index contributed by atoms with van der Waals surface area (Å²) in [5.41, 5.74) is 1.43. The zero-order valence-corrected chi connectivity index (χ0v) is 14.6. The number of nitrogens with one attached hydrogen (secondary N) is 1. The fraction of sp³-hybridized carbons (Fsp3) is 0.353. The van der Waals surface area contributed by atoms with Crippen LogP contribution < -0.4 is 10.1 Å². The number of hydrogen-bond donors (Lipinski definition) is 3. The molecule has 0 aliphatic carbocycles. The zero-order chi connectivity index (χ0) is 19.9. The van der Waals surface area contributed by atoms with Crippen molar-refractivity contribution in [2.24, 2.45) is 0 Å². The first-order valence-corrected chi connectivity index (χ1v) is 7.65. The third-order valence-electron chi connectivity index (χ3n) is 3.54. The molecule has 3 N–H and O–H groups in total. The number of rotatable bonds is 5. The highest BCUT2D eigenvalue weighted by molar-refractivity contribution is 5.94. The van der Waals surface area contributed by atoms with Crippen LogP contribution in [-0.2, 0) is 9.59 Å². The Hall–Kier alpha value is -3.10. The summed E-state index contributed by atoms with van der Waals surface area (Å²) in [6.45, 7) is 5.02. The summed E-state index contributed by atoms with van der Waals surface area (Å²) in [5.74, 6) is -0.435. The summed E-state index contributed by atoms with van der Waals surface area (Å²) in [4.78, 5) is 33.3. The van der Waals surface area contributed by atoms with Crippen LogP contribution in [0.4, 0.5) is 9.18 Å². The zero-order valence-electron chi connectivity index (χ0n) is 14.6. The number of halogens is 1. The van der Waals surface area contributed by atoms with E-state index in [1.54, 1.807) is 45.0 Å². The van der Waals surface area contributed by atoms with Gasteiger partial charge < -0.3 is 20.3 Å². The molecule has 1 aromatic rings. The van der Waals surface area contributed by atoms with E-state index in [2.05, 4.69) is 5.32 Å². The maximum atomic E-state index is 14.0. The van der Waals surface area contributed by atoms with Gasteiger partial charge in [0.05, 0.1) is 0 Å². The van der Waals surface area contributed by atoms with Crippen LogP contribution in [0.3, 0.4) is 0 Å². The maximum Gasteiger partial charge on any atom is 0.503 e. The van der Waals surface area contributed by atoms with Crippen LogP contribution in [0.5, 0.6) is 5.75 Å². The molecule has 1 saturated heterocycles. The van der Waals surface area contributed by atoms with Gasteiger partial charge in [-0.1, -0.05) is 23.8 Å². The average Bonchev–Trinajstić information content (AvgIpc) is 2.58. The van der Waals surface area contributed by atoms with Crippen LogP contribution in [0, 0.1) is 0 Å². The molecule has 1 fully saturated rings. The van der Waals surface area contributed by atoms with Crippen LogP contribution in [0.25, 0.3) is 0 Å². The second kappa shape index (κ2) is 9.40. The predicted octanol–water partition coefficient (Wildman–Crippen LogP) is 2.22. The van der Waals surface area contributed by atoms with Crippen molar-refractivity contribution in [2.45, 2.75) is 33.1 Å². The quantitative estimate of drug-likeness (QED) is 0.542. The van der Waals surface area contributed by atoms with Crippen LogP contribution in [0.1, 0.15) is 20.8 Å². The Morgan fingerprint density at radius 2 is 1.73 bits per heavy atom. The van der Waals surface area contributed by atoms with Gasteiger partial charge in [0.1, 0.15) is 5.75 Å². The fourth-order valence-electron chi connectivity index (χ4n) is 2.06. The molecule has 1 heterocycles. The Balaban J connectivity index is 0.000000765. The van der Waals surface area contributed by atoms with E-state index >= 15 is 0 Å². The number of nitrogens with zero attached hydrogens (tertiary/aromatic N) is 1. The molecular formula is C17H21FN2O6. The van der Waals surface area contributed by atoms with Crippen LogP contribution in [-0.4, -0.2) is 52.0 Å². The number of carboxylic acid groups (broad SMARTS) is 2. The molecule has 1 aliphatic rings. The van der Waals surface area contributed by atoms with Gasteiger partial charge in [0.25, 0.3) is 11.8 Å². The summed E-state index contributed by atoms with van der Waals surface area (Å²) in [6, 6.07) is 7.66. The minimum atomic E-state index is -1.83. The highest BCUT2D eigenvalue weighted by Gasteiger charge is 2.49. The van der Waals surface area contributed by atoms with Crippen molar-refractivity contribution in [3.63, 3.8) is 0 Å². The first-order valence-electron chi connectivity index (χ1n) is 7.65. The Bertz CT molecular complexity index is 684. The highest BCUT2D eigenvalue weighted by atomic mass is 19.1. The van der Waals surface area contributed by atoms with E-state index in [1.807, 2.05) is 6.07 Å². The lowest BCUT2D eigenvalue weighted by Gasteiger charge is -2.43. The minimum absolute atomic E-state index is 0.262. The van der Waals surface area contributed by atoms with Gasteiger partial charge in [-0.3, -0.25) is 14.5 Å². The average molecular weight is 368 g/mol. The van der Waals surface area contributed by atoms with E-state index < -0.39 is 30.3 Å². The number of allylic oxidation sites excluding steroid dienone is 2. The topological polar surface area (TPSA) is 116 Å². The Labute approximate surface area is 149 Å². The summed E-state index contributed by atoms with van der Waals surface area (Å²) in [6.07, 6.45) is -3.37. The molecule has 2 amide bonds. The van der Waals surface area contributed by atoms with Crippen molar-refractivity contribution < 1.29 is 33.7 Å². The number of carbonyl (C=O) groups is 3. The van der Waals surface area contributed by atoms with Gasteiger partial charge in [-0.05, 0) is 32.9 Å². The van der Waals surface area contributed by atoms with E-state index in [0.29, 0.717) is 11.4 Å². The van der Waals surface area contributed by atoms with E-state index in [1.165, 1.54) is 0 Å². The summed E-state index contributed by atoms with van der Waals surface area (Å²) >= 11 is 0. The van der Waals surface area contributed by atoms with Gasteiger partial charge in [0.2, 0.25) is 6.30 Å². The molecule has 0 saturated carbocycles. The second-order valence-electron chi connectivity index (χ2n) is 5.60. The largest absolute Gasteiger partial charge is 0.503 e. The fourth-order valence-corrected chi connectivity index (χ4v) is 2.06. The Morgan fingerprint density at radius 3 is 2.19 bits per heavy atom. The summed E-state index contributed by atoms with van der Waals surface area (Å²) < 4.78 is 19.3. The third kappa shape index (κ3) is 5.76.